The van der Waals surface area contributed by atoms with Crippen LogP contribution in [0.3, 0.4) is 0 Å². The average Bonchev–Trinajstić information content (AvgIpc) is 3.04. The molecule has 28 heavy (non-hydrogen) atoms. The average molecular weight is 395 g/mol. The number of hydrogen-bond acceptors (Lipinski definition) is 5. The number of ether oxygens (including phenoxy) is 1. The van der Waals surface area contributed by atoms with Crippen LogP contribution in [0.25, 0.3) is 0 Å². The van der Waals surface area contributed by atoms with E-state index in [4.69, 9.17) is 16.3 Å². The van der Waals surface area contributed by atoms with Gasteiger partial charge in [0, 0.05) is 17.4 Å². The van der Waals surface area contributed by atoms with Crippen molar-refractivity contribution in [3.8, 4) is 5.75 Å². The molecule has 0 spiro atoms. The first-order valence-corrected chi connectivity index (χ1v) is 9.28. The second-order valence-corrected chi connectivity index (χ2v) is 7.02. The molecule has 0 saturated heterocycles. The van der Waals surface area contributed by atoms with Crippen molar-refractivity contribution in [2.75, 3.05) is 17.3 Å². The summed E-state index contributed by atoms with van der Waals surface area (Å²) in [5, 5.41) is 3.19. The van der Waals surface area contributed by atoms with Crippen LogP contribution in [0, 0.1) is 0 Å². The van der Waals surface area contributed by atoms with E-state index >= 15 is 0 Å². The Labute approximate surface area is 168 Å². The highest BCUT2D eigenvalue weighted by Crippen LogP contribution is 2.36. The molecule has 0 aliphatic carbocycles. The minimum absolute atomic E-state index is 0.232. The number of hydrogen-bond donors (Lipinski definition) is 1. The normalized spacial score (nSPS) is 15.2. The maximum Gasteiger partial charge on any atom is 0.275 e. The molecule has 1 unspecified atom stereocenters. The third-order valence-corrected chi connectivity index (χ3v) is 5.03. The second-order valence-electron chi connectivity index (χ2n) is 6.62. The fraction of sp³-hybridized carbons (Fsp3) is 0.190. The maximum absolute atomic E-state index is 12.5. The Kier molecular flexibility index (Phi) is 4.88. The third kappa shape index (κ3) is 3.39. The molecule has 1 aliphatic rings. The largest absolute Gasteiger partial charge is 0.495 e. The minimum Gasteiger partial charge on any atom is -0.495 e. The highest BCUT2D eigenvalue weighted by atomic mass is 35.5. The van der Waals surface area contributed by atoms with Gasteiger partial charge in [-0.15, -0.1) is 0 Å². The number of benzene rings is 2. The highest BCUT2D eigenvalue weighted by molar-refractivity contribution is 6.32. The van der Waals surface area contributed by atoms with Crippen molar-refractivity contribution < 1.29 is 9.53 Å². The summed E-state index contributed by atoms with van der Waals surface area (Å²) in [6, 6.07) is 13.6. The SMILES string of the molecule is COc1ccc(NC(=O)c2cnc(N3c4ccccc4CC3C)cn2)cc1Cl. The van der Waals surface area contributed by atoms with E-state index in [1.807, 2.05) is 12.1 Å². The molecule has 1 amide bonds. The summed E-state index contributed by atoms with van der Waals surface area (Å²) in [6.07, 6.45) is 4.08. The van der Waals surface area contributed by atoms with Gasteiger partial charge in [0.2, 0.25) is 0 Å². The zero-order chi connectivity index (χ0) is 19.7. The van der Waals surface area contributed by atoms with Gasteiger partial charge >= 0.3 is 0 Å². The lowest BCUT2D eigenvalue weighted by Crippen LogP contribution is -2.25. The molecule has 0 saturated carbocycles. The maximum atomic E-state index is 12.5. The molecule has 142 valence electrons. The van der Waals surface area contributed by atoms with Crippen LogP contribution in [0.5, 0.6) is 5.75 Å². The Morgan fingerprint density at radius 3 is 2.75 bits per heavy atom. The lowest BCUT2D eigenvalue weighted by molar-refractivity contribution is 0.102. The van der Waals surface area contributed by atoms with Crippen LogP contribution in [0.4, 0.5) is 17.2 Å². The van der Waals surface area contributed by atoms with Gasteiger partial charge in [-0.05, 0) is 43.2 Å². The van der Waals surface area contributed by atoms with Gasteiger partial charge in [0.05, 0.1) is 24.5 Å². The zero-order valence-corrected chi connectivity index (χ0v) is 16.3. The summed E-state index contributed by atoms with van der Waals surface area (Å²) in [7, 11) is 1.54. The van der Waals surface area contributed by atoms with Gasteiger partial charge in [-0.1, -0.05) is 29.8 Å². The standard InChI is InChI=1S/C21H19ClN4O2/c1-13-9-14-5-3-4-6-18(14)26(13)20-12-23-17(11-24-20)21(27)25-15-7-8-19(28-2)16(22)10-15/h3-8,10-13H,9H2,1-2H3,(H,25,27). The first-order chi connectivity index (χ1) is 13.6. The van der Waals surface area contributed by atoms with Crippen LogP contribution in [-0.2, 0) is 6.42 Å². The Morgan fingerprint density at radius 1 is 1.21 bits per heavy atom. The summed E-state index contributed by atoms with van der Waals surface area (Å²) in [6.45, 7) is 2.15. The van der Waals surface area contributed by atoms with Gasteiger partial charge in [-0.3, -0.25) is 4.79 Å². The molecular formula is C21H19ClN4O2. The fourth-order valence-electron chi connectivity index (χ4n) is 3.42. The number of halogens is 1. The number of fused-ring (bicyclic) bond motifs is 1. The third-order valence-electron chi connectivity index (χ3n) is 4.73. The predicted octanol–water partition coefficient (Wildman–Crippen LogP) is 4.47. The molecule has 4 rings (SSSR count). The molecule has 2 aromatic carbocycles. The van der Waals surface area contributed by atoms with Crippen LogP contribution in [-0.4, -0.2) is 29.0 Å². The second kappa shape index (κ2) is 7.48. The summed E-state index contributed by atoms with van der Waals surface area (Å²) in [5.41, 5.74) is 3.21. The Hall–Kier alpha value is -3.12. The van der Waals surface area contributed by atoms with E-state index in [9.17, 15) is 4.79 Å². The van der Waals surface area contributed by atoms with Crippen molar-refractivity contribution in [3.63, 3.8) is 0 Å². The molecule has 0 bridgehead atoms. The van der Waals surface area contributed by atoms with E-state index in [0.29, 0.717) is 16.5 Å². The molecule has 1 aliphatic heterocycles. The van der Waals surface area contributed by atoms with Crippen molar-refractivity contribution in [1.82, 2.24) is 9.97 Å². The molecule has 6 nitrogen and oxygen atoms in total. The molecule has 0 fully saturated rings. The Morgan fingerprint density at radius 2 is 2.04 bits per heavy atom. The summed E-state index contributed by atoms with van der Waals surface area (Å²) < 4.78 is 5.11. The van der Waals surface area contributed by atoms with Gasteiger partial charge < -0.3 is 15.0 Å². The van der Waals surface area contributed by atoms with Gasteiger partial charge in [-0.25, -0.2) is 9.97 Å². The fourth-order valence-corrected chi connectivity index (χ4v) is 3.67. The number of para-hydroxylation sites is 1. The van der Waals surface area contributed by atoms with Crippen molar-refractivity contribution in [2.45, 2.75) is 19.4 Å². The number of nitrogens with zero attached hydrogens (tertiary/aromatic N) is 3. The molecule has 0 radical (unpaired) electrons. The van der Waals surface area contributed by atoms with Crippen LogP contribution < -0.4 is 15.0 Å². The van der Waals surface area contributed by atoms with Crippen molar-refractivity contribution in [2.24, 2.45) is 0 Å². The lowest BCUT2D eigenvalue weighted by atomic mass is 10.1. The molecule has 7 heteroatoms. The van der Waals surface area contributed by atoms with Gasteiger partial charge in [0.15, 0.2) is 5.82 Å². The zero-order valence-electron chi connectivity index (χ0n) is 15.5. The smallest absolute Gasteiger partial charge is 0.275 e. The van der Waals surface area contributed by atoms with Crippen molar-refractivity contribution in [3.05, 3.63) is 71.1 Å². The number of rotatable bonds is 4. The quantitative estimate of drug-likeness (QED) is 0.707. The molecule has 1 aromatic heterocycles. The van der Waals surface area contributed by atoms with Crippen LogP contribution in [0.15, 0.2) is 54.9 Å². The predicted molar refractivity (Wildman–Crippen MR) is 110 cm³/mol. The molecule has 1 N–H and O–H groups in total. The topological polar surface area (TPSA) is 67.3 Å². The lowest BCUT2D eigenvalue weighted by Gasteiger charge is -2.23. The minimum atomic E-state index is -0.352. The Balaban J connectivity index is 1.52. The summed E-state index contributed by atoms with van der Waals surface area (Å²) in [4.78, 5) is 23.4. The number of amides is 1. The van der Waals surface area contributed by atoms with Gasteiger partial charge in [0.1, 0.15) is 11.4 Å². The van der Waals surface area contributed by atoms with E-state index in [0.717, 1.165) is 17.9 Å². The van der Waals surface area contributed by atoms with Crippen molar-refractivity contribution in [1.29, 1.82) is 0 Å². The number of anilines is 3. The first-order valence-electron chi connectivity index (χ1n) is 8.91. The van der Waals surface area contributed by atoms with Gasteiger partial charge in [0.25, 0.3) is 5.91 Å². The molecule has 2 heterocycles. The van der Waals surface area contributed by atoms with Crippen LogP contribution in [0.2, 0.25) is 5.02 Å². The Bertz CT molecular complexity index is 1020. The van der Waals surface area contributed by atoms with E-state index in [1.165, 1.54) is 18.9 Å². The first kappa shape index (κ1) is 18.3. The van der Waals surface area contributed by atoms with Gasteiger partial charge in [-0.2, -0.15) is 0 Å². The molecular weight excluding hydrogens is 376 g/mol. The number of carbonyl (C=O) groups is 1. The monoisotopic (exact) mass is 394 g/mol. The van der Waals surface area contributed by atoms with Crippen LogP contribution in [0.1, 0.15) is 23.0 Å². The number of carbonyl (C=O) groups excluding carboxylic acids is 1. The summed E-state index contributed by atoms with van der Waals surface area (Å²) in [5.74, 6) is 0.917. The van der Waals surface area contributed by atoms with Crippen LogP contribution >= 0.6 is 11.6 Å². The van der Waals surface area contributed by atoms with E-state index in [2.05, 4.69) is 39.2 Å². The number of nitrogens with one attached hydrogen (secondary N) is 1. The number of methoxy groups -OCH3 is 1. The molecule has 1 atom stereocenters. The summed E-state index contributed by atoms with van der Waals surface area (Å²) >= 11 is 6.10. The molecule has 3 aromatic rings. The highest BCUT2D eigenvalue weighted by Gasteiger charge is 2.28. The van der Waals surface area contributed by atoms with E-state index < -0.39 is 0 Å². The van der Waals surface area contributed by atoms with E-state index in [-0.39, 0.29) is 17.6 Å². The van der Waals surface area contributed by atoms with E-state index in [1.54, 1.807) is 24.4 Å². The number of aromatic nitrogens is 2. The van der Waals surface area contributed by atoms with Crippen molar-refractivity contribution >= 4 is 34.7 Å².